The normalized spacial score (nSPS) is 11.8. The zero-order valence-electron chi connectivity index (χ0n) is 13.1. The van der Waals surface area contributed by atoms with Crippen LogP contribution in [0.15, 0.2) is 46.9 Å². The molecule has 2 aromatic rings. The second-order valence-electron chi connectivity index (χ2n) is 5.34. The summed E-state index contributed by atoms with van der Waals surface area (Å²) >= 11 is 5.59. The number of ether oxygens (including phenoxy) is 1. The van der Waals surface area contributed by atoms with Gasteiger partial charge >= 0.3 is 0 Å². The Morgan fingerprint density at radius 1 is 1.26 bits per heavy atom. The highest BCUT2D eigenvalue weighted by Crippen LogP contribution is 2.23. The first-order valence-electron chi connectivity index (χ1n) is 7.47. The molecule has 0 aliphatic heterocycles. The lowest BCUT2D eigenvalue weighted by molar-refractivity contribution is -0.118. The Bertz CT molecular complexity index is 673. The van der Waals surface area contributed by atoms with Gasteiger partial charge in [0.25, 0.3) is 5.91 Å². The van der Waals surface area contributed by atoms with Gasteiger partial charge in [-0.1, -0.05) is 41.9 Å². The molecule has 1 N–H and O–H groups in total. The maximum Gasteiger partial charge on any atom is 0.262 e. The van der Waals surface area contributed by atoms with Crippen LogP contribution in [0.2, 0.25) is 0 Å². The van der Waals surface area contributed by atoms with Gasteiger partial charge in [-0.3, -0.25) is 4.79 Å². The van der Waals surface area contributed by atoms with E-state index in [1.165, 1.54) is 5.56 Å². The van der Waals surface area contributed by atoms with Crippen molar-refractivity contribution in [2.24, 2.45) is 0 Å². The van der Waals surface area contributed by atoms with Crippen LogP contribution in [0.1, 0.15) is 31.7 Å². The molecule has 0 aliphatic rings. The quantitative estimate of drug-likeness (QED) is 0.540. The summed E-state index contributed by atoms with van der Waals surface area (Å²) in [5.74, 6) is 1.07. The number of amides is 1. The predicted octanol–water partition coefficient (Wildman–Crippen LogP) is 5.58. The van der Waals surface area contributed by atoms with Crippen molar-refractivity contribution < 1.29 is 9.53 Å². The molecule has 0 saturated carbocycles. The highest BCUT2D eigenvalue weighted by atomic mass is 127. The first kappa shape index (κ1) is 18.3. The lowest BCUT2D eigenvalue weighted by atomic mass is 9.99. The minimum Gasteiger partial charge on any atom is -0.484 e. The van der Waals surface area contributed by atoms with Crippen molar-refractivity contribution in [2.45, 2.75) is 26.2 Å². The average molecular weight is 488 g/mol. The van der Waals surface area contributed by atoms with Crippen LogP contribution >= 0.6 is 38.5 Å². The fourth-order valence-electron chi connectivity index (χ4n) is 2.05. The number of hydrogen-bond acceptors (Lipinski definition) is 2. The first-order valence-corrected chi connectivity index (χ1v) is 9.34. The van der Waals surface area contributed by atoms with E-state index in [2.05, 4.69) is 69.8 Å². The van der Waals surface area contributed by atoms with Gasteiger partial charge in [-0.05, 0) is 70.8 Å². The Morgan fingerprint density at radius 2 is 1.96 bits per heavy atom. The van der Waals surface area contributed by atoms with Gasteiger partial charge in [0, 0.05) is 8.04 Å². The molecular formula is C18H19BrINO2. The molecule has 0 saturated heterocycles. The van der Waals surface area contributed by atoms with Crippen molar-refractivity contribution in [1.29, 1.82) is 0 Å². The van der Waals surface area contributed by atoms with E-state index < -0.39 is 0 Å². The second kappa shape index (κ2) is 8.68. The van der Waals surface area contributed by atoms with Crippen LogP contribution in [0.3, 0.4) is 0 Å². The van der Waals surface area contributed by atoms with Gasteiger partial charge in [-0.25, -0.2) is 0 Å². The summed E-state index contributed by atoms with van der Waals surface area (Å²) in [5, 5.41) is 2.85. The summed E-state index contributed by atoms with van der Waals surface area (Å²) < 4.78 is 7.51. The van der Waals surface area contributed by atoms with Crippen molar-refractivity contribution in [3.05, 3.63) is 56.1 Å². The maximum atomic E-state index is 12.0. The van der Waals surface area contributed by atoms with Crippen LogP contribution < -0.4 is 10.1 Å². The van der Waals surface area contributed by atoms with Crippen molar-refractivity contribution >= 4 is 50.1 Å². The number of rotatable bonds is 6. The third-order valence-electron chi connectivity index (χ3n) is 3.64. The molecule has 3 nitrogen and oxygen atoms in total. The van der Waals surface area contributed by atoms with E-state index in [-0.39, 0.29) is 12.5 Å². The van der Waals surface area contributed by atoms with E-state index >= 15 is 0 Å². The van der Waals surface area contributed by atoms with Crippen LogP contribution in [0.4, 0.5) is 5.69 Å². The standard InChI is InChI=1S/C18H19BrINO2/c1-3-12(2)13-4-7-15(8-5-13)23-11-18(22)21-17-9-6-14(19)10-16(17)20/h4-10,12H,3,11H2,1-2H3,(H,21,22)/t12-/m0/s1. The molecule has 122 valence electrons. The van der Waals surface area contributed by atoms with Crippen LogP contribution in [0.5, 0.6) is 5.75 Å². The number of carbonyl (C=O) groups is 1. The van der Waals surface area contributed by atoms with Crippen LogP contribution in [0.25, 0.3) is 0 Å². The van der Waals surface area contributed by atoms with Gasteiger partial charge in [0.15, 0.2) is 6.61 Å². The molecule has 0 fully saturated rings. The molecule has 1 atom stereocenters. The number of halogens is 2. The Morgan fingerprint density at radius 3 is 2.57 bits per heavy atom. The monoisotopic (exact) mass is 487 g/mol. The third kappa shape index (κ3) is 5.49. The molecule has 0 bridgehead atoms. The molecule has 2 aromatic carbocycles. The Balaban J connectivity index is 1.89. The van der Waals surface area contributed by atoms with Crippen molar-refractivity contribution in [3.63, 3.8) is 0 Å². The topological polar surface area (TPSA) is 38.3 Å². The number of anilines is 1. The summed E-state index contributed by atoms with van der Waals surface area (Å²) in [4.78, 5) is 12.0. The van der Waals surface area contributed by atoms with Gasteiger partial charge < -0.3 is 10.1 Å². The summed E-state index contributed by atoms with van der Waals surface area (Å²) in [6, 6.07) is 13.6. The van der Waals surface area contributed by atoms with E-state index in [1.54, 1.807) is 0 Å². The molecule has 0 unspecified atom stereocenters. The minimum atomic E-state index is -0.170. The van der Waals surface area contributed by atoms with E-state index in [1.807, 2.05) is 30.3 Å². The first-order chi connectivity index (χ1) is 11.0. The Labute approximate surface area is 159 Å². The number of carbonyl (C=O) groups excluding carboxylic acids is 1. The summed E-state index contributed by atoms with van der Waals surface area (Å²) in [6.45, 7) is 4.36. The van der Waals surface area contributed by atoms with E-state index in [0.717, 1.165) is 20.2 Å². The van der Waals surface area contributed by atoms with Gasteiger partial charge in [0.05, 0.1) is 5.69 Å². The van der Waals surface area contributed by atoms with Crippen LogP contribution in [-0.4, -0.2) is 12.5 Å². The van der Waals surface area contributed by atoms with Crippen molar-refractivity contribution in [3.8, 4) is 5.75 Å². The molecule has 5 heteroatoms. The second-order valence-corrected chi connectivity index (χ2v) is 7.42. The van der Waals surface area contributed by atoms with Crippen LogP contribution in [0, 0.1) is 3.57 Å². The fraction of sp³-hybridized carbons (Fsp3) is 0.278. The molecule has 0 aliphatic carbocycles. The fourth-order valence-corrected chi connectivity index (χ4v) is 3.49. The number of benzene rings is 2. The summed E-state index contributed by atoms with van der Waals surface area (Å²) in [6.07, 6.45) is 1.11. The predicted molar refractivity (Wildman–Crippen MR) is 106 cm³/mol. The molecule has 2 rings (SSSR count). The van der Waals surface area contributed by atoms with Crippen LogP contribution in [-0.2, 0) is 4.79 Å². The van der Waals surface area contributed by atoms with Gasteiger partial charge in [0.1, 0.15) is 5.75 Å². The maximum absolute atomic E-state index is 12.0. The SMILES string of the molecule is CC[C@H](C)c1ccc(OCC(=O)Nc2ccc(Br)cc2I)cc1. The minimum absolute atomic E-state index is 0.00514. The van der Waals surface area contributed by atoms with Crippen molar-refractivity contribution in [1.82, 2.24) is 0 Å². The Hall–Kier alpha value is -1.08. The van der Waals surface area contributed by atoms with E-state index in [4.69, 9.17) is 4.74 Å². The van der Waals surface area contributed by atoms with Gasteiger partial charge in [-0.2, -0.15) is 0 Å². The average Bonchev–Trinajstić information content (AvgIpc) is 2.55. The highest BCUT2D eigenvalue weighted by molar-refractivity contribution is 14.1. The van der Waals surface area contributed by atoms with Gasteiger partial charge in [-0.15, -0.1) is 0 Å². The number of nitrogens with one attached hydrogen (secondary N) is 1. The molecule has 0 heterocycles. The highest BCUT2D eigenvalue weighted by Gasteiger charge is 2.08. The zero-order valence-corrected chi connectivity index (χ0v) is 16.8. The smallest absolute Gasteiger partial charge is 0.262 e. The molecular weight excluding hydrogens is 469 g/mol. The third-order valence-corrected chi connectivity index (χ3v) is 5.02. The number of hydrogen-bond donors (Lipinski definition) is 1. The summed E-state index contributed by atoms with van der Waals surface area (Å²) in [7, 11) is 0. The van der Waals surface area contributed by atoms with Gasteiger partial charge in [0.2, 0.25) is 0 Å². The molecule has 23 heavy (non-hydrogen) atoms. The zero-order chi connectivity index (χ0) is 16.8. The van der Waals surface area contributed by atoms with E-state index in [9.17, 15) is 4.79 Å². The molecule has 0 radical (unpaired) electrons. The molecule has 1 amide bonds. The van der Waals surface area contributed by atoms with Crippen molar-refractivity contribution in [2.75, 3.05) is 11.9 Å². The molecule has 0 aromatic heterocycles. The summed E-state index contributed by atoms with van der Waals surface area (Å²) in [5.41, 5.74) is 2.07. The Kier molecular flexibility index (Phi) is 6.89. The largest absolute Gasteiger partial charge is 0.484 e. The lowest BCUT2D eigenvalue weighted by Gasteiger charge is -2.11. The van der Waals surface area contributed by atoms with E-state index in [0.29, 0.717) is 11.7 Å². The lowest BCUT2D eigenvalue weighted by Crippen LogP contribution is -2.20. The molecule has 0 spiro atoms.